The molecule has 1 aromatic rings. The summed E-state index contributed by atoms with van der Waals surface area (Å²) >= 11 is 0. The minimum absolute atomic E-state index is 0.263. The van der Waals surface area contributed by atoms with Crippen molar-refractivity contribution in [3.63, 3.8) is 0 Å². The van der Waals surface area contributed by atoms with E-state index in [0.29, 0.717) is 19.5 Å². The molecule has 7 heteroatoms. The molecule has 1 aliphatic rings. The van der Waals surface area contributed by atoms with E-state index in [2.05, 4.69) is 10.6 Å². The number of benzene rings is 1. The largest absolute Gasteiger partial charge is 0.345 e. The predicted octanol–water partition coefficient (Wildman–Crippen LogP) is 1.06. The smallest absolute Gasteiger partial charge is 0.272 e. The van der Waals surface area contributed by atoms with Gasteiger partial charge < -0.3 is 10.6 Å². The van der Waals surface area contributed by atoms with Gasteiger partial charge in [0, 0.05) is 25.1 Å². The number of carbonyl (C=O) groups is 1. The van der Waals surface area contributed by atoms with E-state index in [-0.39, 0.29) is 17.2 Å². The SMILES string of the molecule is CC(=O)N[C@@]1(c2ccc([N+](=O)[O-])cc2F)CCNC1. The third-order valence-corrected chi connectivity index (χ3v) is 3.25. The number of rotatable bonds is 3. The standard InChI is InChI=1S/C12H14FN3O3/c1-8(17)15-12(4-5-14-7-12)10-3-2-9(16(18)19)6-11(10)13/h2-3,6,14H,4-5,7H2,1H3,(H,15,17)/t12-/m0/s1. The molecule has 1 aromatic carbocycles. The molecule has 0 saturated carbocycles. The molecular weight excluding hydrogens is 253 g/mol. The number of non-ortho nitro benzene ring substituents is 1. The Morgan fingerprint density at radius 1 is 1.58 bits per heavy atom. The van der Waals surface area contributed by atoms with Crippen LogP contribution in [0.15, 0.2) is 18.2 Å². The first-order valence-electron chi connectivity index (χ1n) is 5.88. The van der Waals surface area contributed by atoms with E-state index in [0.717, 1.165) is 6.07 Å². The summed E-state index contributed by atoms with van der Waals surface area (Å²) in [6, 6.07) is 3.51. The van der Waals surface area contributed by atoms with Gasteiger partial charge in [-0.3, -0.25) is 14.9 Å². The maximum atomic E-state index is 14.1. The van der Waals surface area contributed by atoms with Gasteiger partial charge in [-0.05, 0) is 19.0 Å². The van der Waals surface area contributed by atoms with E-state index in [4.69, 9.17) is 0 Å². The van der Waals surface area contributed by atoms with Crippen molar-refractivity contribution in [2.45, 2.75) is 18.9 Å². The van der Waals surface area contributed by atoms with E-state index in [1.807, 2.05) is 0 Å². The van der Waals surface area contributed by atoms with Crippen LogP contribution in [0.2, 0.25) is 0 Å². The van der Waals surface area contributed by atoms with Crippen molar-refractivity contribution in [2.75, 3.05) is 13.1 Å². The summed E-state index contributed by atoms with van der Waals surface area (Å²) < 4.78 is 14.1. The van der Waals surface area contributed by atoms with Crippen LogP contribution in [0.25, 0.3) is 0 Å². The van der Waals surface area contributed by atoms with Gasteiger partial charge in [0.25, 0.3) is 5.69 Å². The van der Waals surface area contributed by atoms with Gasteiger partial charge in [-0.25, -0.2) is 4.39 Å². The fraction of sp³-hybridized carbons (Fsp3) is 0.417. The molecule has 1 amide bonds. The van der Waals surface area contributed by atoms with Crippen molar-refractivity contribution in [3.05, 3.63) is 39.7 Å². The van der Waals surface area contributed by atoms with Crippen LogP contribution in [-0.4, -0.2) is 23.9 Å². The molecule has 2 N–H and O–H groups in total. The van der Waals surface area contributed by atoms with Gasteiger partial charge in [-0.2, -0.15) is 0 Å². The molecule has 0 spiro atoms. The zero-order chi connectivity index (χ0) is 14.0. The molecule has 1 heterocycles. The van der Waals surface area contributed by atoms with Crippen LogP contribution in [0.5, 0.6) is 0 Å². The fourth-order valence-electron chi connectivity index (χ4n) is 2.44. The average molecular weight is 267 g/mol. The van der Waals surface area contributed by atoms with Gasteiger partial charge in [0.15, 0.2) is 0 Å². The molecule has 1 atom stereocenters. The van der Waals surface area contributed by atoms with E-state index >= 15 is 0 Å². The van der Waals surface area contributed by atoms with Crippen molar-refractivity contribution >= 4 is 11.6 Å². The minimum atomic E-state index is -0.828. The number of carbonyl (C=O) groups excluding carboxylic acids is 1. The highest BCUT2D eigenvalue weighted by Crippen LogP contribution is 2.31. The summed E-state index contributed by atoms with van der Waals surface area (Å²) in [6.07, 6.45) is 0.543. The van der Waals surface area contributed by atoms with Gasteiger partial charge in [-0.15, -0.1) is 0 Å². The van der Waals surface area contributed by atoms with Crippen LogP contribution in [0.1, 0.15) is 18.9 Å². The van der Waals surface area contributed by atoms with Crippen molar-refractivity contribution in [1.29, 1.82) is 0 Å². The highest BCUT2D eigenvalue weighted by atomic mass is 19.1. The van der Waals surface area contributed by atoms with Crippen LogP contribution in [0.3, 0.4) is 0 Å². The summed E-state index contributed by atoms with van der Waals surface area (Å²) in [5.41, 5.74) is -0.853. The topological polar surface area (TPSA) is 84.3 Å². The molecule has 19 heavy (non-hydrogen) atoms. The van der Waals surface area contributed by atoms with Gasteiger partial charge >= 0.3 is 0 Å². The number of nitro groups is 1. The predicted molar refractivity (Wildman–Crippen MR) is 66.0 cm³/mol. The quantitative estimate of drug-likeness (QED) is 0.633. The lowest BCUT2D eigenvalue weighted by molar-refractivity contribution is -0.385. The Morgan fingerprint density at radius 3 is 2.79 bits per heavy atom. The Kier molecular flexibility index (Phi) is 3.48. The molecule has 2 rings (SSSR count). The summed E-state index contributed by atoms with van der Waals surface area (Å²) in [4.78, 5) is 21.2. The van der Waals surface area contributed by atoms with E-state index < -0.39 is 16.3 Å². The molecule has 0 bridgehead atoms. The lowest BCUT2D eigenvalue weighted by atomic mass is 9.88. The second-order valence-corrected chi connectivity index (χ2v) is 4.61. The fourth-order valence-corrected chi connectivity index (χ4v) is 2.44. The van der Waals surface area contributed by atoms with Crippen LogP contribution in [-0.2, 0) is 10.3 Å². The molecule has 1 saturated heterocycles. The van der Waals surface area contributed by atoms with E-state index in [1.54, 1.807) is 0 Å². The Hall–Kier alpha value is -2.02. The van der Waals surface area contributed by atoms with Crippen LogP contribution in [0.4, 0.5) is 10.1 Å². The van der Waals surface area contributed by atoms with Crippen molar-refractivity contribution < 1.29 is 14.1 Å². The van der Waals surface area contributed by atoms with Gasteiger partial charge in [-0.1, -0.05) is 0 Å². The van der Waals surface area contributed by atoms with Crippen LogP contribution < -0.4 is 10.6 Å². The maximum absolute atomic E-state index is 14.1. The number of nitrogens with zero attached hydrogens (tertiary/aromatic N) is 1. The molecular formula is C12H14FN3O3. The molecule has 0 aromatic heterocycles. The second kappa shape index (κ2) is 4.93. The molecule has 1 fully saturated rings. The zero-order valence-corrected chi connectivity index (χ0v) is 10.4. The molecule has 1 aliphatic heterocycles. The number of hydrogen-bond acceptors (Lipinski definition) is 4. The highest BCUT2D eigenvalue weighted by Gasteiger charge is 2.38. The normalized spacial score (nSPS) is 22.2. The zero-order valence-electron chi connectivity index (χ0n) is 10.4. The number of nitrogens with one attached hydrogen (secondary N) is 2. The second-order valence-electron chi connectivity index (χ2n) is 4.61. The summed E-state index contributed by atoms with van der Waals surface area (Å²) in [6.45, 7) is 2.42. The first kappa shape index (κ1) is 13.4. The lowest BCUT2D eigenvalue weighted by Gasteiger charge is -2.30. The minimum Gasteiger partial charge on any atom is -0.345 e. The molecule has 102 valence electrons. The Labute approximate surface area is 109 Å². The van der Waals surface area contributed by atoms with Crippen LogP contribution >= 0.6 is 0 Å². The van der Waals surface area contributed by atoms with Gasteiger partial charge in [0.1, 0.15) is 5.82 Å². The van der Waals surface area contributed by atoms with Crippen molar-refractivity contribution in [2.24, 2.45) is 0 Å². The van der Waals surface area contributed by atoms with Crippen LogP contribution in [0, 0.1) is 15.9 Å². The summed E-state index contributed by atoms with van der Waals surface area (Å²) in [5, 5.41) is 16.4. The molecule has 6 nitrogen and oxygen atoms in total. The maximum Gasteiger partial charge on any atom is 0.272 e. The first-order valence-corrected chi connectivity index (χ1v) is 5.88. The van der Waals surface area contributed by atoms with Gasteiger partial charge in [0.2, 0.25) is 5.91 Å². The number of amides is 1. The van der Waals surface area contributed by atoms with E-state index in [9.17, 15) is 19.3 Å². The molecule has 0 radical (unpaired) electrons. The first-order chi connectivity index (χ1) is 8.94. The monoisotopic (exact) mass is 267 g/mol. The van der Waals surface area contributed by atoms with E-state index in [1.165, 1.54) is 19.1 Å². The van der Waals surface area contributed by atoms with Crippen molar-refractivity contribution in [1.82, 2.24) is 10.6 Å². The average Bonchev–Trinajstić information content (AvgIpc) is 2.77. The Balaban J connectivity index is 2.43. The van der Waals surface area contributed by atoms with Gasteiger partial charge in [0.05, 0.1) is 16.5 Å². The highest BCUT2D eigenvalue weighted by molar-refractivity contribution is 5.74. The third kappa shape index (κ3) is 2.55. The molecule has 0 aliphatic carbocycles. The number of nitro benzene ring substituents is 1. The summed E-state index contributed by atoms with van der Waals surface area (Å²) in [5.74, 6) is -0.937. The lowest BCUT2D eigenvalue weighted by Crippen LogP contribution is -2.47. The Morgan fingerprint density at radius 2 is 2.32 bits per heavy atom. The third-order valence-electron chi connectivity index (χ3n) is 3.25. The van der Waals surface area contributed by atoms with Crippen molar-refractivity contribution in [3.8, 4) is 0 Å². The number of halogens is 1. The Bertz CT molecular complexity index is 527. The number of hydrogen-bond donors (Lipinski definition) is 2. The molecule has 0 unspecified atom stereocenters. The summed E-state index contributed by atoms with van der Waals surface area (Å²) in [7, 11) is 0.